The molecule has 4 heteroatoms. The molecule has 0 spiro atoms. The van der Waals surface area contributed by atoms with Crippen molar-refractivity contribution in [2.45, 2.75) is 81.9 Å². The van der Waals surface area contributed by atoms with Crippen LogP contribution in [0.5, 0.6) is 0 Å². The first-order valence-corrected chi connectivity index (χ1v) is 9.84. The molecular formula is C17H31NO2S. The van der Waals surface area contributed by atoms with Crippen molar-refractivity contribution in [1.82, 2.24) is 5.32 Å². The zero-order valence-corrected chi connectivity index (χ0v) is 14.2. The Morgan fingerprint density at radius 2 is 2.00 bits per heavy atom. The van der Waals surface area contributed by atoms with Gasteiger partial charge in [-0.1, -0.05) is 32.6 Å². The summed E-state index contributed by atoms with van der Waals surface area (Å²) in [6.45, 7) is 2.92. The minimum Gasteiger partial charge on any atom is -0.480 e. The Balaban J connectivity index is 1.83. The van der Waals surface area contributed by atoms with Gasteiger partial charge in [0, 0.05) is 5.25 Å². The highest BCUT2D eigenvalue weighted by atomic mass is 32.2. The fourth-order valence-electron chi connectivity index (χ4n) is 4.02. The second-order valence-electron chi connectivity index (χ2n) is 6.71. The lowest BCUT2D eigenvalue weighted by atomic mass is 9.85. The fraction of sp³-hybridized carbons (Fsp3) is 0.941. The number of carboxylic acids is 1. The molecule has 0 aromatic heterocycles. The monoisotopic (exact) mass is 313 g/mol. The fourth-order valence-corrected chi connectivity index (χ4v) is 5.44. The zero-order chi connectivity index (χ0) is 15.1. The predicted molar refractivity (Wildman–Crippen MR) is 89.9 cm³/mol. The lowest BCUT2D eigenvalue weighted by Crippen LogP contribution is -2.55. The van der Waals surface area contributed by atoms with Crippen molar-refractivity contribution in [2.24, 2.45) is 5.92 Å². The molecule has 122 valence electrons. The number of thioether (sulfide) groups is 1. The van der Waals surface area contributed by atoms with Gasteiger partial charge in [-0.3, -0.25) is 4.79 Å². The molecule has 3 nitrogen and oxygen atoms in total. The van der Waals surface area contributed by atoms with E-state index in [1.165, 1.54) is 32.1 Å². The molecule has 21 heavy (non-hydrogen) atoms. The molecule has 2 N–H and O–H groups in total. The number of hydrogen-bond donors (Lipinski definition) is 2. The molecule has 2 aliphatic rings. The summed E-state index contributed by atoms with van der Waals surface area (Å²) < 4.78 is 0. The molecule has 2 aliphatic carbocycles. The molecule has 2 fully saturated rings. The van der Waals surface area contributed by atoms with Crippen LogP contribution in [0.25, 0.3) is 0 Å². The second-order valence-corrected chi connectivity index (χ2v) is 8.12. The number of hydrogen-bond acceptors (Lipinski definition) is 3. The highest BCUT2D eigenvalue weighted by Crippen LogP contribution is 2.40. The first-order chi connectivity index (χ1) is 10.2. The third-order valence-electron chi connectivity index (χ3n) is 5.26. The topological polar surface area (TPSA) is 49.3 Å². The number of nitrogens with one attached hydrogen (secondary N) is 1. The van der Waals surface area contributed by atoms with Crippen LogP contribution in [0, 0.1) is 5.92 Å². The molecule has 2 unspecified atom stereocenters. The third-order valence-corrected chi connectivity index (χ3v) is 6.68. The lowest BCUT2D eigenvalue weighted by Gasteiger charge is -2.33. The predicted octanol–water partition coefficient (Wildman–Crippen LogP) is 4.07. The Labute approximate surface area is 133 Å². The van der Waals surface area contributed by atoms with Gasteiger partial charge < -0.3 is 10.4 Å². The molecule has 2 atom stereocenters. The SMILES string of the molecule is CCCNC1(C(=O)O)CCCC1CCSC1CCCCC1. The normalized spacial score (nSPS) is 30.6. The van der Waals surface area contributed by atoms with E-state index in [9.17, 15) is 9.90 Å². The summed E-state index contributed by atoms with van der Waals surface area (Å²) in [7, 11) is 0. The minimum atomic E-state index is -0.636. The molecule has 0 amide bonds. The maximum Gasteiger partial charge on any atom is 0.324 e. The molecule has 0 saturated heterocycles. The second kappa shape index (κ2) is 8.42. The van der Waals surface area contributed by atoms with Crippen molar-refractivity contribution in [2.75, 3.05) is 12.3 Å². The molecule has 0 bridgehead atoms. The van der Waals surface area contributed by atoms with Crippen molar-refractivity contribution >= 4 is 17.7 Å². The van der Waals surface area contributed by atoms with E-state index in [4.69, 9.17) is 0 Å². The van der Waals surface area contributed by atoms with E-state index in [1.54, 1.807) is 0 Å². The summed E-state index contributed by atoms with van der Waals surface area (Å²) in [5.74, 6) is 0.830. The van der Waals surface area contributed by atoms with Crippen molar-refractivity contribution in [1.29, 1.82) is 0 Å². The number of carbonyl (C=O) groups is 1. The summed E-state index contributed by atoms with van der Waals surface area (Å²) in [5.41, 5.74) is -0.636. The largest absolute Gasteiger partial charge is 0.480 e. The average Bonchev–Trinajstić information content (AvgIpc) is 2.90. The van der Waals surface area contributed by atoms with Crippen LogP contribution in [0.3, 0.4) is 0 Å². The van der Waals surface area contributed by atoms with E-state index in [2.05, 4.69) is 24.0 Å². The maximum atomic E-state index is 11.8. The van der Waals surface area contributed by atoms with Crippen LogP contribution in [0.2, 0.25) is 0 Å². The van der Waals surface area contributed by atoms with Crippen LogP contribution in [0.15, 0.2) is 0 Å². The molecule has 0 aliphatic heterocycles. The molecular weight excluding hydrogens is 282 g/mol. The van der Waals surface area contributed by atoms with E-state index in [0.29, 0.717) is 5.92 Å². The van der Waals surface area contributed by atoms with Gasteiger partial charge in [0.25, 0.3) is 0 Å². The third kappa shape index (κ3) is 4.38. The summed E-state index contributed by atoms with van der Waals surface area (Å²) in [4.78, 5) is 11.8. The van der Waals surface area contributed by atoms with E-state index in [1.807, 2.05) is 0 Å². The van der Waals surface area contributed by atoms with Crippen molar-refractivity contribution in [3.63, 3.8) is 0 Å². The molecule has 2 rings (SSSR count). The van der Waals surface area contributed by atoms with Gasteiger partial charge in [-0.05, 0) is 56.7 Å². The van der Waals surface area contributed by atoms with Gasteiger partial charge in [-0.25, -0.2) is 0 Å². The van der Waals surface area contributed by atoms with Crippen molar-refractivity contribution in [3.05, 3.63) is 0 Å². The van der Waals surface area contributed by atoms with E-state index in [0.717, 1.165) is 49.7 Å². The van der Waals surface area contributed by atoms with Crippen molar-refractivity contribution in [3.8, 4) is 0 Å². The zero-order valence-electron chi connectivity index (χ0n) is 13.4. The number of aliphatic carboxylic acids is 1. The van der Waals surface area contributed by atoms with Crippen LogP contribution in [0.1, 0.15) is 71.1 Å². The number of rotatable bonds is 8. The smallest absolute Gasteiger partial charge is 0.324 e. The van der Waals surface area contributed by atoms with Gasteiger partial charge in [0.15, 0.2) is 0 Å². The van der Waals surface area contributed by atoms with Crippen molar-refractivity contribution < 1.29 is 9.90 Å². The van der Waals surface area contributed by atoms with Crippen LogP contribution in [-0.4, -0.2) is 34.2 Å². The lowest BCUT2D eigenvalue weighted by molar-refractivity contribution is -0.146. The molecule has 2 saturated carbocycles. The van der Waals surface area contributed by atoms with Crippen LogP contribution in [0.4, 0.5) is 0 Å². The van der Waals surface area contributed by atoms with Gasteiger partial charge in [0.05, 0.1) is 0 Å². The van der Waals surface area contributed by atoms with Gasteiger partial charge >= 0.3 is 5.97 Å². The Hall–Kier alpha value is -0.220. The Morgan fingerprint density at radius 3 is 2.67 bits per heavy atom. The van der Waals surface area contributed by atoms with E-state index < -0.39 is 11.5 Å². The quantitative estimate of drug-likeness (QED) is 0.709. The maximum absolute atomic E-state index is 11.8. The Morgan fingerprint density at radius 1 is 1.24 bits per heavy atom. The van der Waals surface area contributed by atoms with Crippen LogP contribution < -0.4 is 5.32 Å². The first kappa shape index (κ1) is 17.1. The van der Waals surface area contributed by atoms with Crippen LogP contribution in [-0.2, 0) is 4.79 Å². The van der Waals surface area contributed by atoms with Gasteiger partial charge in [-0.15, -0.1) is 0 Å². The van der Waals surface area contributed by atoms with Crippen LogP contribution >= 0.6 is 11.8 Å². The summed E-state index contributed by atoms with van der Waals surface area (Å²) in [6.07, 6.45) is 11.9. The van der Waals surface area contributed by atoms with Gasteiger partial charge in [0.2, 0.25) is 0 Å². The average molecular weight is 314 g/mol. The Bertz CT molecular complexity index is 331. The van der Waals surface area contributed by atoms with Gasteiger partial charge in [0.1, 0.15) is 5.54 Å². The first-order valence-electron chi connectivity index (χ1n) is 8.79. The molecule has 0 radical (unpaired) electrons. The molecule has 0 heterocycles. The number of carboxylic acid groups (broad SMARTS) is 1. The standard InChI is InChI=1S/C17H31NO2S/c1-2-12-18-17(16(19)20)11-6-7-14(17)10-13-21-15-8-4-3-5-9-15/h14-15,18H,2-13H2,1H3,(H,19,20). The van der Waals surface area contributed by atoms with Gasteiger partial charge in [-0.2, -0.15) is 11.8 Å². The van der Waals surface area contributed by atoms with E-state index in [-0.39, 0.29) is 0 Å². The highest BCUT2D eigenvalue weighted by Gasteiger charge is 2.48. The minimum absolute atomic E-state index is 0.317. The van der Waals surface area contributed by atoms with E-state index >= 15 is 0 Å². The summed E-state index contributed by atoms with van der Waals surface area (Å²) in [6, 6.07) is 0. The molecule has 0 aromatic carbocycles. The summed E-state index contributed by atoms with van der Waals surface area (Å²) in [5, 5.41) is 13.9. The highest BCUT2D eigenvalue weighted by molar-refractivity contribution is 7.99. The molecule has 0 aromatic rings. The summed E-state index contributed by atoms with van der Waals surface area (Å²) >= 11 is 2.10. The Kier molecular flexibility index (Phi) is 6.87.